The molecule has 1 aromatic heterocycles. The zero-order valence-corrected chi connectivity index (χ0v) is 15.0. The molecule has 0 aliphatic carbocycles. The summed E-state index contributed by atoms with van der Waals surface area (Å²) in [7, 11) is 3.51. The van der Waals surface area contributed by atoms with Gasteiger partial charge in [-0.1, -0.05) is 72.4 Å². The maximum Gasteiger partial charge on any atom is 0.240 e. The number of carbonyl (C=O) groups excluding carboxylic acids is 1. The number of hydrogen-bond donors (Lipinski definition) is 1. The molecule has 0 unspecified atom stereocenters. The smallest absolute Gasteiger partial charge is 0.240 e. The zero-order chi connectivity index (χ0) is 17.8. The molecular weight excluding hydrogens is 332 g/mol. The van der Waals surface area contributed by atoms with Gasteiger partial charge in [0.05, 0.1) is 11.9 Å². The van der Waals surface area contributed by atoms with Gasteiger partial charge in [-0.15, -0.1) is 0 Å². The van der Waals surface area contributed by atoms with Crippen molar-refractivity contribution in [3.63, 3.8) is 0 Å². The van der Waals surface area contributed by atoms with Gasteiger partial charge in [0.15, 0.2) is 5.16 Å². The number of benzene rings is 2. The molecule has 1 amide bonds. The predicted molar refractivity (Wildman–Crippen MR) is 102 cm³/mol. The predicted octanol–water partition coefficient (Wildman–Crippen LogP) is 3.19. The number of imidazole rings is 1. The molecule has 0 saturated heterocycles. The third kappa shape index (κ3) is 3.85. The molecule has 3 rings (SSSR count). The second-order valence-electron chi connectivity index (χ2n) is 5.82. The Balaban J connectivity index is 1.92. The first-order valence-electron chi connectivity index (χ1n) is 7.89. The van der Waals surface area contributed by atoms with Crippen LogP contribution in [-0.4, -0.2) is 34.6 Å². The fraction of sp³-hybridized carbons (Fsp3) is 0.158. The van der Waals surface area contributed by atoms with Gasteiger partial charge in [0, 0.05) is 19.7 Å². The Morgan fingerprint density at radius 3 is 2.28 bits per heavy atom. The molecular formula is C19H20N4OS. The monoisotopic (exact) mass is 352 g/mol. The van der Waals surface area contributed by atoms with Crippen LogP contribution in [0.3, 0.4) is 0 Å². The summed E-state index contributed by atoms with van der Waals surface area (Å²) in [4.78, 5) is 18.9. The number of rotatable bonds is 5. The molecule has 0 aliphatic rings. The molecule has 0 saturated carbocycles. The van der Waals surface area contributed by atoms with E-state index in [0.29, 0.717) is 5.16 Å². The van der Waals surface area contributed by atoms with Crippen LogP contribution in [0.2, 0.25) is 0 Å². The van der Waals surface area contributed by atoms with Crippen LogP contribution >= 0.6 is 11.8 Å². The highest BCUT2D eigenvalue weighted by molar-refractivity contribution is 8.00. The third-order valence-electron chi connectivity index (χ3n) is 3.76. The van der Waals surface area contributed by atoms with E-state index in [1.54, 1.807) is 25.2 Å². The highest BCUT2D eigenvalue weighted by Crippen LogP contribution is 2.36. The Labute approximate surface area is 151 Å². The Morgan fingerprint density at radius 1 is 1.08 bits per heavy atom. The SMILES string of the molecule is CN(C)C(=O)[C@H](Sc1nc(-c2ccccc2)cn1N)c1ccccc1. The van der Waals surface area contributed by atoms with Crippen molar-refractivity contribution in [2.75, 3.05) is 19.9 Å². The molecule has 3 aromatic rings. The van der Waals surface area contributed by atoms with Gasteiger partial charge in [-0.25, -0.2) is 9.66 Å². The van der Waals surface area contributed by atoms with Crippen molar-refractivity contribution in [1.82, 2.24) is 14.6 Å². The number of hydrogen-bond acceptors (Lipinski definition) is 4. The fourth-order valence-corrected chi connectivity index (χ4v) is 3.58. The van der Waals surface area contributed by atoms with Crippen LogP contribution in [0.5, 0.6) is 0 Å². The highest BCUT2D eigenvalue weighted by Gasteiger charge is 2.25. The number of carbonyl (C=O) groups is 1. The molecule has 25 heavy (non-hydrogen) atoms. The lowest BCUT2D eigenvalue weighted by molar-refractivity contribution is -0.128. The van der Waals surface area contributed by atoms with Crippen molar-refractivity contribution in [3.05, 3.63) is 72.4 Å². The van der Waals surface area contributed by atoms with Crippen LogP contribution in [0, 0.1) is 0 Å². The van der Waals surface area contributed by atoms with E-state index in [9.17, 15) is 4.79 Å². The minimum Gasteiger partial charge on any atom is -0.348 e. The summed E-state index contributed by atoms with van der Waals surface area (Å²) < 4.78 is 1.48. The van der Waals surface area contributed by atoms with Gasteiger partial charge in [-0.3, -0.25) is 4.79 Å². The molecule has 0 bridgehead atoms. The number of nitrogen functional groups attached to an aromatic ring is 1. The zero-order valence-electron chi connectivity index (χ0n) is 14.2. The summed E-state index contributed by atoms with van der Waals surface area (Å²) in [5.41, 5.74) is 2.70. The maximum absolute atomic E-state index is 12.7. The number of nitrogens with two attached hydrogens (primary N) is 1. The Kier molecular flexibility index (Phi) is 5.09. The largest absolute Gasteiger partial charge is 0.348 e. The van der Waals surface area contributed by atoms with Crippen LogP contribution < -0.4 is 5.84 Å². The quantitative estimate of drug-likeness (QED) is 0.566. The number of amides is 1. The Morgan fingerprint density at radius 2 is 1.68 bits per heavy atom. The number of likely N-dealkylation sites (N-methyl/N-ethyl adjacent to an activating group) is 1. The Hall–Kier alpha value is -2.73. The minimum absolute atomic E-state index is 0.000427. The van der Waals surface area contributed by atoms with Crippen molar-refractivity contribution < 1.29 is 4.79 Å². The van der Waals surface area contributed by atoms with E-state index in [1.165, 1.54) is 16.4 Å². The molecule has 1 atom stereocenters. The lowest BCUT2D eigenvalue weighted by atomic mass is 10.1. The molecule has 5 nitrogen and oxygen atoms in total. The van der Waals surface area contributed by atoms with E-state index in [0.717, 1.165) is 16.8 Å². The lowest BCUT2D eigenvalue weighted by Gasteiger charge is -2.20. The number of nitrogens with zero attached hydrogens (tertiary/aromatic N) is 3. The second-order valence-corrected chi connectivity index (χ2v) is 6.90. The van der Waals surface area contributed by atoms with Crippen LogP contribution in [0.15, 0.2) is 72.0 Å². The first-order valence-corrected chi connectivity index (χ1v) is 8.77. The van der Waals surface area contributed by atoms with Crippen molar-refractivity contribution in [1.29, 1.82) is 0 Å². The minimum atomic E-state index is -0.399. The van der Waals surface area contributed by atoms with Gasteiger partial charge >= 0.3 is 0 Å². The highest BCUT2D eigenvalue weighted by atomic mass is 32.2. The Bertz CT molecular complexity index is 846. The summed E-state index contributed by atoms with van der Waals surface area (Å²) in [5.74, 6) is 6.09. The molecule has 0 fully saturated rings. The molecule has 0 aliphatic heterocycles. The number of aromatic nitrogens is 2. The van der Waals surface area contributed by atoms with Gasteiger partial charge in [0.25, 0.3) is 0 Å². The molecule has 2 N–H and O–H groups in total. The van der Waals surface area contributed by atoms with Crippen LogP contribution in [-0.2, 0) is 4.79 Å². The first kappa shape index (κ1) is 17.1. The van der Waals surface area contributed by atoms with Crippen molar-refractivity contribution in [2.45, 2.75) is 10.4 Å². The summed E-state index contributed by atoms with van der Waals surface area (Å²) in [5, 5.41) is 0.201. The van der Waals surface area contributed by atoms with E-state index >= 15 is 0 Å². The summed E-state index contributed by atoms with van der Waals surface area (Å²) in [6.07, 6.45) is 1.78. The molecule has 0 radical (unpaired) electrons. The van der Waals surface area contributed by atoms with E-state index in [-0.39, 0.29) is 5.91 Å². The molecule has 6 heteroatoms. The van der Waals surface area contributed by atoms with Crippen LogP contribution in [0.25, 0.3) is 11.3 Å². The van der Waals surface area contributed by atoms with Gasteiger partial charge in [0.1, 0.15) is 5.25 Å². The second kappa shape index (κ2) is 7.44. The summed E-state index contributed by atoms with van der Waals surface area (Å²) in [6.45, 7) is 0. The summed E-state index contributed by atoms with van der Waals surface area (Å²) in [6, 6.07) is 19.5. The molecule has 2 aromatic carbocycles. The molecule has 0 spiro atoms. The van der Waals surface area contributed by atoms with Gasteiger partial charge in [0.2, 0.25) is 5.91 Å². The van der Waals surface area contributed by atoms with Gasteiger partial charge < -0.3 is 10.7 Å². The average molecular weight is 352 g/mol. The van der Waals surface area contributed by atoms with Crippen molar-refractivity contribution in [3.8, 4) is 11.3 Å². The maximum atomic E-state index is 12.7. The fourth-order valence-electron chi connectivity index (χ4n) is 2.44. The van der Waals surface area contributed by atoms with Gasteiger partial charge in [-0.05, 0) is 5.56 Å². The molecule has 128 valence electrons. The van der Waals surface area contributed by atoms with Crippen LogP contribution in [0.1, 0.15) is 10.8 Å². The van der Waals surface area contributed by atoms with E-state index in [4.69, 9.17) is 5.84 Å². The third-order valence-corrected chi connectivity index (χ3v) is 4.98. The van der Waals surface area contributed by atoms with Crippen LogP contribution in [0.4, 0.5) is 0 Å². The van der Waals surface area contributed by atoms with Gasteiger partial charge in [-0.2, -0.15) is 0 Å². The lowest BCUT2D eigenvalue weighted by Crippen LogP contribution is -2.27. The summed E-state index contributed by atoms with van der Waals surface area (Å²) >= 11 is 1.36. The first-order chi connectivity index (χ1) is 12.1. The standard InChI is InChI=1S/C19H20N4OS/c1-22(2)18(24)17(15-11-7-4-8-12-15)25-19-21-16(13-23(19)20)14-9-5-3-6-10-14/h3-13,17H,20H2,1-2H3/t17-/m1/s1. The van der Waals surface area contributed by atoms with Crippen molar-refractivity contribution in [2.24, 2.45) is 0 Å². The van der Waals surface area contributed by atoms with Crippen molar-refractivity contribution >= 4 is 17.7 Å². The topological polar surface area (TPSA) is 64.2 Å². The average Bonchev–Trinajstić information content (AvgIpc) is 3.01. The molecule has 1 heterocycles. The van der Waals surface area contributed by atoms with E-state index in [2.05, 4.69) is 4.98 Å². The van der Waals surface area contributed by atoms with E-state index in [1.807, 2.05) is 60.7 Å². The van der Waals surface area contributed by atoms with E-state index < -0.39 is 5.25 Å². The normalized spacial score (nSPS) is 11.9. The number of thioether (sulfide) groups is 1.